The Labute approximate surface area is 310 Å². The lowest BCUT2D eigenvalue weighted by molar-refractivity contribution is 0.102. The number of anilines is 1. The van der Waals surface area contributed by atoms with E-state index in [2.05, 4.69) is 69.6 Å². The fourth-order valence-electron chi connectivity index (χ4n) is 6.58. The molecule has 264 valence electrons. The Hall–Kier alpha value is -4.60. The zero-order valence-corrected chi connectivity index (χ0v) is 30.8. The third-order valence-electron chi connectivity index (χ3n) is 9.48. The van der Waals surface area contributed by atoms with Gasteiger partial charge in [0.2, 0.25) is 5.88 Å². The van der Waals surface area contributed by atoms with Gasteiger partial charge in [0.25, 0.3) is 5.91 Å². The SMILES string of the molecule is C=CN(/C(=C(\C)c1ccccc1)c1c(C(=O)Nc2cccnc2OCCCN2CCN(C)CC2)[nH]c2cc(Cl)ccc12)C(C)c1ccc(Cl)cc1. The Bertz CT molecular complexity index is 2000. The van der Waals surface area contributed by atoms with Crippen LogP contribution in [0.5, 0.6) is 5.88 Å². The van der Waals surface area contributed by atoms with E-state index in [0.29, 0.717) is 33.9 Å². The van der Waals surface area contributed by atoms with Crippen molar-refractivity contribution in [2.45, 2.75) is 26.3 Å². The van der Waals surface area contributed by atoms with Gasteiger partial charge in [-0.15, -0.1) is 0 Å². The third-order valence-corrected chi connectivity index (χ3v) is 9.97. The molecule has 51 heavy (non-hydrogen) atoms. The average molecular weight is 724 g/mol. The number of hydrogen-bond acceptors (Lipinski definition) is 6. The van der Waals surface area contributed by atoms with Crippen LogP contribution in [0.2, 0.25) is 10.0 Å². The number of nitrogens with zero attached hydrogens (tertiary/aromatic N) is 4. The average Bonchev–Trinajstić information content (AvgIpc) is 3.52. The first-order valence-corrected chi connectivity index (χ1v) is 18.0. The van der Waals surface area contributed by atoms with Gasteiger partial charge in [-0.3, -0.25) is 4.79 Å². The Balaban J connectivity index is 1.37. The molecule has 0 saturated carbocycles. The lowest BCUT2D eigenvalue weighted by atomic mass is 9.95. The van der Waals surface area contributed by atoms with Crippen molar-refractivity contribution in [3.63, 3.8) is 0 Å². The number of aromatic amines is 1. The number of H-pyrrole nitrogens is 1. The first-order chi connectivity index (χ1) is 24.7. The van der Waals surface area contributed by atoms with Crippen LogP contribution >= 0.6 is 23.2 Å². The fourth-order valence-corrected chi connectivity index (χ4v) is 6.88. The molecule has 8 nitrogen and oxygen atoms in total. The summed E-state index contributed by atoms with van der Waals surface area (Å²) in [6.07, 6.45) is 4.34. The summed E-state index contributed by atoms with van der Waals surface area (Å²) in [5.74, 6) is 0.0411. The molecule has 1 aliphatic heterocycles. The van der Waals surface area contributed by atoms with Crippen LogP contribution in [-0.4, -0.2) is 77.0 Å². The lowest BCUT2D eigenvalue weighted by Crippen LogP contribution is -2.44. The van der Waals surface area contributed by atoms with E-state index in [4.69, 9.17) is 27.9 Å². The highest BCUT2D eigenvalue weighted by molar-refractivity contribution is 6.31. The molecule has 0 aliphatic carbocycles. The summed E-state index contributed by atoms with van der Waals surface area (Å²) in [6.45, 7) is 14.1. The predicted octanol–water partition coefficient (Wildman–Crippen LogP) is 9.23. The maximum absolute atomic E-state index is 14.5. The number of rotatable bonds is 13. The second-order valence-electron chi connectivity index (χ2n) is 12.9. The van der Waals surface area contributed by atoms with Crippen LogP contribution in [-0.2, 0) is 0 Å². The third kappa shape index (κ3) is 8.48. The second-order valence-corrected chi connectivity index (χ2v) is 13.8. The van der Waals surface area contributed by atoms with E-state index in [-0.39, 0.29) is 11.9 Å². The summed E-state index contributed by atoms with van der Waals surface area (Å²) in [5, 5.41) is 5.17. The fraction of sp³-hybridized carbons (Fsp3) is 0.268. The Morgan fingerprint density at radius 3 is 2.47 bits per heavy atom. The lowest BCUT2D eigenvalue weighted by Gasteiger charge is -2.32. The first-order valence-electron chi connectivity index (χ1n) is 17.3. The van der Waals surface area contributed by atoms with Crippen molar-refractivity contribution in [1.82, 2.24) is 24.7 Å². The highest BCUT2D eigenvalue weighted by atomic mass is 35.5. The number of ether oxygens (including phenoxy) is 1. The van der Waals surface area contributed by atoms with Gasteiger partial charge in [-0.2, -0.15) is 0 Å². The molecular formula is C41H44Cl2N6O2. The van der Waals surface area contributed by atoms with Gasteiger partial charge in [0.15, 0.2) is 0 Å². The molecule has 1 amide bonds. The molecule has 6 rings (SSSR count). The minimum absolute atomic E-state index is 0.161. The minimum atomic E-state index is -0.339. The molecule has 5 aromatic rings. The number of likely N-dealkylation sites (N-methyl/N-ethyl adjacent to an activating group) is 1. The van der Waals surface area contributed by atoms with Gasteiger partial charge in [0, 0.05) is 65.4 Å². The van der Waals surface area contributed by atoms with Gasteiger partial charge in [-0.05, 0) is 86.6 Å². The van der Waals surface area contributed by atoms with Crippen LogP contribution in [0.25, 0.3) is 22.2 Å². The maximum atomic E-state index is 14.5. The summed E-state index contributed by atoms with van der Waals surface area (Å²) in [4.78, 5) is 29.3. The van der Waals surface area contributed by atoms with Crippen molar-refractivity contribution in [1.29, 1.82) is 0 Å². The first kappa shape index (κ1) is 36.2. The number of hydrogen-bond donors (Lipinski definition) is 2. The number of pyridine rings is 1. The quantitative estimate of drug-likeness (QED) is 0.118. The molecule has 0 bridgehead atoms. The zero-order chi connectivity index (χ0) is 35.9. The minimum Gasteiger partial charge on any atom is -0.476 e. The van der Waals surface area contributed by atoms with Gasteiger partial charge in [0.1, 0.15) is 11.4 Å². The van der Waals surface area contributed by atoms with Gasteiger partial charge in [-0.25, -0.2) is 4.98 Å². The van der Waals surface area contributed by atoms with Crippen LogP contribution in [0.15, 0.2) is 104 Å². The number of piperazine rings is 1. The number of allylic oxidation sites excluding steroid dienone is 1. The van der Waals surface area contributed by atoms with Crippen molar-refractivity contribution in [3.8, 4) is 5.88 Å². The highest BCUT2D eigenvalue weighted by Gasteiger charge is 2.29. The van der Waals surface area contributed by atoms with Gasteiger partial charge >= 0.3 is 0 Å². The molecule has 1 fully saturated rings. The van der Waals surface area contributed by atoms with E-state index in [0.717, 1.165) is 78.0 Å². The van der Waals surface area contributed by atoms with E-state index < -0.39 is 0 Å². The number of fused-ring (bicyclic) bond motifs is 1. The Morgan fingerprint density at radius 2 is 1.75 bits per heavy atom. The summed E-state index contributed by atoms with van der Waals surface area (Å²) in [7, 11) is 2.16. The van der Waals surface area contributed by atoms with E-state index in [9.17, 15) is 4.79 Å². The summed E-state index contributed by atoms with van der Waals surface area (Å²) < 4.78 is 6.15. The van der Waals surface area contributed by atoms with Crippen molar-refractivity contribution >= 4 is 57.0 Å². The number of amides is 1. The molecule has 1 atom stereocenters. The molecule has 1 aliphatic rings. The summed E-state index contributed by atoms with van der Waals surface area (Å²) in [5.41, 5.74) is 6.15. The molecule has 3 heterocycles. The molecule has 3 aromatic carbocycles. The Morgan fingerprint density at radius 1 is 1.02 bits per heavy atom. The van der Waals surface area contributed by atoms with Crippen LogP contribution in [0, 0.1) is 0 Å². The van der Waals surface area contributed by atoms with E-state index in [1.165, 1.54) is 0 Å². The van der Waals surface area contributed by atoms with E-state index >= 15 is 0 Å². The Kier molecular flexibility index (Phi) is 11.8. The summed E-state index contributed by atoms with van der Waals surface area (Å²) >= 11 is 12.8. The molecular weight excluding hydrogens is 679 g/mol. The van der Waals surface area contributed by atoms with Crippen molar-refractivity contribution in [3.05, 3.63) is 136 Å². The largest absolute Gasteiger partial charge is 0.476 e. The van der Waals surface area contributed by atoms with Gasteiger partial charge in [0.05, 0.1) is 18.3 Å². The maximum Gasteiger partial charge on any atom is 0.272 e. The number of nitrogens with one attached hydrogen (secondary N) is 2. The number of carbonyl (C=O) groups is 1. The van der Waals surface area contributed by atoms with E-state index in [1.807, 2.05) is 72.9 Å². The van der Waals surface area contributed by atoms with Gasteiger partial charge in [-0.1, -0.05) is 78.3 Å². The number of carbonyl (C=O) groups excluding carboxylic acids is 1. The van der Waals surface area contributed by atoms with Crippen LogP contribution in [0.1, 0.15) is 53.5 Å². The van der Waals surface area contributed by atoms with Crippen molar-refractivity contribution < 1.29 is 9.53 Å². The molecule has 1 unspecified atom stereocenters. The number of halogens is 2. The van der Waals surface area contributed by atoms with Crippen LogP contribution in [0.3, 0.4) is 0 Å². The standard InChI is InChI=1S/C41H44Cl2N6O2/c1-5-49(29(3)31-14-16-32(42)17-15-31)39(28(2)30-11-7-6-8-12-30)37-34-19-18-33(43)27-36(34)45-38(37)40(50)46-35-13-9-20-44-41(35)51-26-10-21-48-24-22-47(4)23-25-48/h5-9,11-20,27,29,45H,1,10,21-26H2,2-4H3,(H,46,50)/b39-28+. The van der Waals surface area contributed by atoms with Crippen molar-refractivity contribution in [2.24, 2.45) is 0 Å². The molecule has 0 radical (unpaired) electrons. The van der Waals surface area contributed by atoms with Crippen LogP contribution < -0.4 is 10.1 Å². The number of benzene rings is 3. The van der Waals surface area contributed by atoms with Crippen molar-refractivity contribution in [2.75, 3.05) is 51.7 Å². The second kappa shape index (κ2) is 16.6. The van der Waals surface area contributed by atoms with Gasteiger partial charge < -0.3 is 29.7 Å². The molecule has 10 heteroatoms. The summed E-state index contributed by atoms with van der Waals surface area (Å²) in [6, 6.07) is 27.0. The highest BCUT2D eigenvalue weighted by Crippen LogP contribution is 2.41. The number of aromatic nitrogens is 2. The normalized spacial score (nSPS) is 14.9. The van der Waals surface area contributed by atoms with Crippen LogP contribution in [0.4, 0.5) is 5.69 Å². The van der Waals surface area contributed by atoms with E-state index in [1.54, 1.807) is 12.3 Å². The molecule has 0 spiro atoms. The smallest absolute Gasteiger partial charge is 0.272 e. The monoisotopic (exact) mass is 722 g/mol. The predicted molar refractivity (Wildman–Crippen MR) is 210 cm³/mol. The topological polar surface area (TPSA) is 76.7 Å². The molecule has 2 aromatic heterocycles. The molecule has 2 N–H and O–H groups in total. The zero-order valence-electron chi connectivity index (χ0n) is 29.3. The molecule has 1 saturated heterocycles.